The van der Waals surface area contributed by atoms with E-state index in [1.54, 1.807) is 12.3 Å². The number of aromatic nitrogens is 1. The summed E-state index contributed by atoms with van der Waals surface area (Å²) in [7, 11) is 0. The van der Waals surface area contributed by atoms with Crippen LogP contribution in [-0.2, 0) is 10.2 Å². The SMILES string of the molecule is O=C(CNc1ccc(Nc2ncccc2C(=O)O)cc1)Nc1ccc(C23CC4CC(CC(C4)C2)C3)cc1. The molecule has 37 heavy (non-hydrogen) atoms. The molecule has 1 aromatic heterocycles. The molecular formula is C30H32N4O3. The molecule has 4 bridgehead atoms. The van der Waals surface area contributed by atoms with Crippen LogP contribution in [0.25, 0.3) is 0 Å². The first-order chi connectivity index (χ1) is 18.0. The highest BCUT2D eigenvalue weighted by molar-refractivity contribution is 5.94. The number of nitrogens with one attached hydrogen (secondary N) is 3. The molecule has 3 aromatic rings. The van der Waals surface area contributed by atoms with Gasteiger partial charge in [-0.05, 0) is 116 Å². The molecule has 1 amide bonds. The number of amides is 1. The van der Waals surface area contributed by atoms with Gasteiger partial charge in [-0.3, -0.25) is 4.79 Å². The molecule has 0 atom stereocenters. The van der Waals surface area contributed by atoms with E-state index in [1.165, 1.54) is 50.2 Å². The molecular weight excluding hydrogens is 464 g/mol. The second-order valence-electron chi connectivity index (χ2n) is 11.1. The zero-order chi connectivity index (χ0) is 25.4. The first kappa shape index (κ1) is 23.5. The third-order valence-electron chi connectivity index (χ3n) is 8.46. The van der Waals surface area contributed by atoms with E-state index >= 15 is 0 Å². The predicted octanol–water partition coefficient (Wildman–Crippen LogP) is 6.04. The molecule has 0 saturated heterocycles. The van der Waals surface area contributed by atoms with E-state index in [1.807, 2.05) is 24.3 Å². The third kappa shape index (κ3) is 4.90. The Hall–Kier alpha value is -3.87. The largest absolute Gasteiger partial charge is 0.478 e. The topological polar surface area (TPSA) is 103 Å². The monoisotopic (exact) mass is 496 g/mol. The molecule has 0 spiro atoms. The van der Waals surface area contributed by atoms with Crippen LogP contribution < -0.4 is 16.0 Å². The number of hydrogen-bond acceptors (Lipinski definition) is 5. The summed E-state index contributed by atoms with van der Waals surface area (Å²) < 4.78 is 0. The van der Waals surface area contributed by atoms with Crippen molar-refractivity contribution in [2.24, 2.45) is 17.8 Å². The van der Waals surface area contributed by atoms with Crippen molar-refractivity contribution < 1.29 is 14.7 Å². The zero-order valence-corrected chi connectivity index (χ0v) is 20.7. The van der Waals surface area contributed by atoms with Gasteiger partial charge in [0.15, 0.2) is 0 Å². The zero-order valence-electron chi connectivity index (χ0n) is 20.7. The number of carboxylic acid groups (broad SMARTS) is 1. The van der Waals surface area contributed by atoms with Crippen LogP contribution in [0.4, 0.5) is 22.9 Å². The lowest BCUT2D eigenvalue weighted by Gasteiger charge is -2.57. The second kappa shape index (κ2) is 9.54. The Morgan fingerprint density at radius 2 is 1.43 bits per heavy atom. The molecule has 190 valence electrons. The predicted molar refractivity (Wildman–Crippen MR) is 144 cm³/mol. The Labute approximate surface area is 216 Å². The molecule has 1 heterocycles. The van der Waals surface area contributed by atoms with Crippen molar-refractivity contribution in [2.75, 3.05) is 22.5 Å². The van der Waals surface area contributed by atoms with E-state index in [4.69, 9.17) is 0 Å². The maximum Gasteiger partial charge on any atom is 0.339 e. The van der Waals surface area contributed by atoms with Gasteiger partial charge in [0.2, 0.25) is 5.91 Å². The van der Waals surface area contributed by atoms with Gasteiger partial charge in [0.05, 0.1) is 6.54 Å². The number of benzene rings is 2. The number of rotatable bonds is 8. The van der Waals surface area contributed by atoms with E-state index in [-0.39, 0.29) is 23.8 Å². The number of carbonyl (C=O) groups is 2. The first-order valence-electron chi connectivity index (χ1n) is 13.2. The Kier molecular flexibility index (Phi) is 6.07. The molecule has 4 N–H and O–H groups in total. The maximum absolute atomic E-state index is 12.6. The molecule has 0 unspecified atom stereocenters. The summed E-state index contributed by atoms with van der Waals surface area (Å²) in [6, 6.07) is 18.9. The number of aromatic carboxylic acids is 1. The van der Waals surface area contributed by atoms with Gasteiger partial charge in [-0.1, -0.05) is 12.1 Å². The lowest BCUT2D eigenvalue weighted by Crippen LogP contribution is -2.48. The van der Waals surface area contributed by atoms with Gasteiger partial charge in [-0.2, -0.15) is 0 Å². The van der Waals surface area contributed by atoms with Crippen molar-refractivity contribution in [1.29, 1.82) is 0 Å². The summed E-state index contributed by atoms with van der Waals surface area (Å²) in [6.07, 6.45) is 9.88. The number of nitrogens with zero attached hydrogens (tertiary/aromatic N) is 1. The van der Waals surface area contributed by atoms with Gasteiger partial charge in [-0.15, -0.1) is 0 Å². The molecule has 4 saturated carbocycles. The highest BCUT2D eigenvalue weighted by Crippen LogP contribution is 2.60. The smallest absolute Gasteiger partial charge is 0.339 e. The molecule has 4 aliphatic rings. The van der Waals surface area contributed by atoms with Crippen LogP contribution in [0, 0.1) is 17.8 Å². The fourth-order valence-corrected chi connectivity index (χ4v) is 7.24. The molecule has 4 fully saturated rings. The van der Waals surface area contributed by atoms with Gasteiger partial charge >= 0.3 is 5.97 Å². The van der Waals surface area contributed by atoms with Crippen molar-refractivity contribution in [3.63, 3.8) is 0 Å². The average molecular weight is 497 g/mol. The highest BCUT2D eigenvalue weighted by Gasteiger charge is 2.51. The fourth-order valence-electron chi connectivity index (χ4n) is 7.24. The summed E-state index contributed by atoms with van der Waals surface area (Å²) in [4.78, 5) is 28.0. The normalized spacial score (nSPS) is 25.5. The Bertz CT molecular complexity index is 1270. The molecule has 2 aromatic carbocycles. The van der Waals surface area contributed by atoms with Gasteiger partial charge in [0.1, 0.15) is 11.4 Å². The summed E-state index contributed by atoms with van der Waals surface area (Å²) in [6.45, 7) is 0.146. The van der Waals surface area contributed by atoms with Crippen molar-refractivity contribution in [3.8, 4) is 0 Å². The number of pyridine rings is 1. The fraction of sp³-hybridized carbons (Fsp3) is 0.367. The van der Waals surface area contributed by atoms with E-state index in [9.17, 15) is 14.7 Å². The molecule has 7 rings (SSSR count). The van der Waals surface area contributed by atoms with Crippen LogP contribution in [0.1, 0.15) is 54.4 Å². The minimum absolute atomic E-state index is 0.104. The molecule has 7 heteroatoms. The van der Waals surface area contributed by atoms with Crippen LogP contribution in [0.2, 0.25) is 0 Å². The molecule has 7 nitrogen and oxygen atoms in total. The Balaban J connectivity index is 1.02. The minimum Gasteiger partial charge on any atom is -0.478 e. The van der Waals surface area contributed by atoms with Crippen molar-refractivity contribution in [3.05, 3.63) is 78.0 Å². The van der Waals surface area contributed by atoms with Gasteiger partial charge in [-0.25, -0.2) is 9.78 Å². The number of hydrogen-bond donors (Lipinski definition) is 4. The summed E-state index contributed by atoms with van der Waals surface area (Å²) in [5.74, 6) is 1.88. The summed E-state index contributed by atoms with van der Waals surface area (Å²) >= 11 is 0. The molecule has 0 aliphatic heterocycles. The highest BCUT2D eigenvalue weighted by atomic mass is 16.4. The van der Waals surface area contributed by atoms with Crippen molar-refractivity contribution in [2.45, 2.75) is 43.9 Å². The second-order valence-corrected chi connectivity index (χ2v) is 11.1. The standard InChI is InChI=1S/C30H32N4O3/c35-27(18-32-23-7-9-25(10-8-23)34-28-26(29(36)37)2-1-11-31-28)33-24-5-3-22(4-6-24)30-15-19-12-20(16-30)14-21(13-19)17-30/h1-11,19-21,32H,12-18H2,(H,31,34)(H,33,35)(H,36,37). The molecule has 0 radical (unpaired) electrons. The van der Waals surface area contributed by atoms with Crippen LogP contribution in [0.3, 0.4) is 0 Å². The maximum atomic E-state index is 12.6. The van der Waals surface area contributed by atoms with E-state index in [0.29, 0.717) is 11.1 Å². The Morgan fingerprint density at radius 1 is 0.838 bits per heavy atom. The van der Waals surface area contributed by atoms with Gasteiger partial charge < -0.3 is 21.1 Å². The number of carbonyl (C=O) groups excluding carboxylic acids is 1. The summed E-state index contributed by atoms with van der Waals surface area (Å²) in [5, 5.41) is 18.5. The number of anilines is 4. The minimum atomic E-state index is -1.04. The quantitative estimate of drug-likeness (QED) is 0.303. The van der Waals surface area contributed by atoms with E-state index in [2.05, 4.69) is 45.2 Å². The van der Waals surface area contributed by atoms with Crippen molar-refractivity contribution >= 4 is 34.8 Å². The van der Waals surface area contributed by atoms with E-state index in [0.717, 1.165) is 29.1 Å². The lowest BCUT2D eigenvalue weighted by molar-refractivity contribution is -0.114. The van der Waals surface area contributed by atoms with Crippen LogP contribution >= 0.6 is 0 Å². The lowest BCUT2D eigenvalue weighted by atomic mass is 9.48. The van der Waals surface area contributed by atoms with Gasteiger partial charge in [0, 0.05) is 23.3 Å². The van der Waals surface area contributed by atoms with Crippen molar-refractivity contribution in [1.82, 2.24) is 4.98 Å². The Morgan fingerprint density at radius 3 is 2.05 bits per heavy atom. The van der Waals surface area contributed by atoms with Crippen LogP contribution in [0.5, 0.6) is 0 Å². The molecule has 4 aliphatic carbocycles. The van der Waals surface area contributed by atoms with Gasteiger partial charge in [0.25, 0.3) is 0 Å². The first-order valence-corrected chi connectivity index (χ1v) is 13.2. The average Bonchev–Trinajstić information content (AvgIpc) is 2.88. The third-order valence-corrected chi connectivity index (χ3v) is 8.46. The number of carboxylic acids is 1. The van der Waals surface area contributed by atoms with Crippen LogP contribution in [0.15, 0.2) is 66.9 Å². The van der Waals surface area contributed by atoms with E-state index < -0.39 is 5.97 Å². The summed E-state index contributed by atoms with van der Waals surface area (Å²) in [5.41, 5.74) is 4.24. The van der Waals surface area contributed by atoms with Crippen LogP contribution in [-0.4, -0.2) is 28.5 Å².